The zero-order valence-corrected chi connectivity index (χ0v) is 14.5. The van der Waals surface area contributed by atoms with Crippen molar-refractivity contribution >= 4 is 17.6 Å². The topological polar surface area (TPSA) is 64.4 Å². The van der Waals surface area contributed by atoms with Crippen molar-refractivity contribution in [1.82, 2.24) is 9.78 Å². The number of aromatic carboxylic acids is 1. The first-order valence-electron chi connectivity index (χ1n) is 7.57. The SMILES string of the molecule is COc1ccccc1-c1c(Cl)c(C(F)(F)F)nn1-c1cccc(C(=O)O)c1. The summed E-state index contributed by atoms with van der Waals surface area (Å²) in [5.41, 5.74) is -1.02. The van der Waals surface area contributed by atoms with Crippen LogP contribution >= 0.6 is 11.6 Å². The zero-order valence-electron chi connectivity index (χ0n) is 13.8. The van der Waals surface area contributed by atoms with Crippen LogP contribution in [0.4, 0.5) is 13.2 Å². The fourth-order valence-electron chi connectivity index (χ4n) is 2.61. The Morgan fingerprint density at radius 2 is 1.89 bits per heavy atom. The van der Waals surface area contributed by atoms with Crippen LogP contribution < -0.4 is 4.74 Å². The Morgan fingerprint density at radius 1 is 1.19 bits per heavy atom. The van der Waals surface area contributed by atoms with Crippen molar-refractivity contribution in [1.29, 1.82) is 0 Å². The Hall–Kier alpha value is -3.00. The number of alkyl halides is 3. The summed E-state index contributed by atoms with van der Waals surface area (Å²) in [6.45, 7) is 0. The first-order valence-corrected chi connectivity index (χ1v) is 7.94. The first-order chi connectivity index (χ1) is 12.7. The smallest absolute Gasteiger partial charge is 0.436 e. The fraction of sp³-hybridized carbons (Fsp3) is 0.111. The van der Waals surface area contributed by atoms with Gasteiger partial charge in [0.25, 0.3) is 0 Å². The lowest BCUT2D eigenvalue weighted by Crippen LogP contribution is -2.08. The van der Waals surface area contributed by atoms with E-state index in [4.69, 9.17) is 21.4 Å². The molecule has 1 heterocycles. The lowest BCUT2D eigenvalue weighted by Gasteiger charge is -2.12. The van der Waals surface area contributed by atoms with Gasteiger partial charge in [-0.3, -0.25) is 0 Å². The number of rotatable bonds is 4. The maximum absolute atomic E-state index is 13.4. The summed E-state index contributed by atoms with van der Waals surface area (Å²) in [6, 6.07) is 11.8. The van der Waals surface area contributed by atoms with E-state index in [0.29, 0.717) is 5.75 Å². The molecule has 3 aromatic rings. The van der Waals surface area contributed by atoms with Gasteiger partial charge in [-0.05, 0) is 30.3 Å². The molecule has 0 bridgehead atoms. The van der Waals surface area contributed by atoms with Crippen LogP contribution in [0.2, 0.25) is 5.02 Å². The number of carboxylic acid groups (broad SMARTS) is 1. The van der Waals surface area contributed by atoms with Gasteiger partial charge in [0, 0.05) is 5.56 Å². The van der Waals surface area contributed by atoms with E-state index < -0.39 is 22.9 Å². The molecule has 0 aliphatic carbocycles. The van der Waals surface area contributed by atoms with E-state index in [1.54, 1.807) is 24.3 Å². The number of nitrogens with zero attached hydrogens (tertiary/aromatic N) is 2. The van der Waals surface area contributed by atoms with Crippen molar-refractivity contribution in [2.45, 2.75) is 6.18 Å². The Bertz CT molecular complexity index is 1020. The van der Waals surface area contributed by atoms with Gasteiger partial charge in [-0.25, -0.2) is 9.48 Å². The van der Waals surface area contributed by atoms with E-state index in [9.17, 15) is 18.0 Å². The van der Waals surface area contributed by atoms with Gasteiger partial charge in [0.05, 0.1) is 29.1 Å². The van der Waals surface area contributed by atoms with Crippen molar-refractivity contribution in [3.8, 4) is 22.7 Å². The van der Waals surface area contributed by atoms with Crippen LogP contribution in [0.15, 0.2) is 48.5 Å². The molecule has 0 aliphatic heterocycles. The minimum Gasteiger partial charge on any atom is -0.496 e. The molecule has 0 atom stereocenters. The van der Waals surface area contributed by atoms with Gasteiger partial charge in [-0.1, -0.05) is 29.8 Å². The molecule has 2 aromatic carbocycles. The van der Waals surface area contributed by atoms with E-state index in [2.05, 4.69) is 5.10 Å². The van der Waals surface area contributed by atoms with Crippen molar-refractivity contribution in [2.75, 3.05) is 7.11 Å². The maximum Gasteiger partial charge on any atom is 0.436 e. The predicted molar refractivity (Wildman–Crippen MR) is 92.5 cm³/mol. The Kier molecular flexibility index (Phi) is 4.84. The molecule has 0 fully saturated rings. The van der Waals surface area contributed by atoms with Crippen molar-refractivity contribution < 1.29 is 27.8 Å². The van der Waals surface area contributed by atoms with E-state index >= 15 is 0 Å². The number of hydrogen-bond donors (Lipinski definition) is 1. The minimum absolute atomic E-state index is 0.0519. The number of ether oxygens (including phenoxy) is 1. The normalized spacial score (nSPS) is 11.4. The maximum atomic E-state index is 13.4. The summed E-state index contributed by atoms with van der Waals surface area (Å²) in [4.78, 5) is 11.2. The molecule has 0 unspecified atom stereocenters. The molecule has 0 spiro atoms. The van der Waals surface area contributed by atoms with E-state index in [-0.39, 0.29) is 22.5 Å². The number of benzene rings is 2. The number of halogens is 4. The highest BCUT2D eigenvalue weighted by molar-refractivity contribution is 6.34. The molecule has 27 heavy (non-hydrogen) atoms. The summed E-state index contributed by atoms with van der Waals surface area (Å²) in [7, 11) is 1.38. The highest BCUT2D eigenvalue weighted by atomic mass is 35.5. The summed E-state index contributed by atoms with van der Waals surface area (Å²) in [5, 5.41) is 12.2. The minimum atomic E-state index is -4.79. The number of para-hydroxylation sites is 1. The summed E-state index contributed by atoms with van der Waals surface area (Å²) in [6.07, 6.45) is -4.79. The lowest BCUT2D eigenvalue weighted by atomic mass is 10.1. The third-order valence-electron chi connectivity index (χ3n) is 3.80. The summed E-state index contributed by atoms with van der Waals surface area (Å²) < 4.78 is 46.3. The fourth-order valence-corrected chi connectivity index (χ4v) is 2.94. The van der Waals surface area contributed by atoms with Gasteiger partial charge in [0.2, 0.25) is 0 Å². The molecule has 0 saturated carbocycles. The number of carboxylic acids is 1. The van der Waals surface area contributed by atoms with Crippen molar-refractivity contribution in [3.63, 3.8) is 0 Å². The quantitative estimate of drug-likeness (QED) is 0.680. The van der Waals surface area contributed by atoms with Crippen LogP contribution in [0, 0.1) is 0 Å². The third-order valence-corrected chi connectivity index (χ3v) is 4.15. The van der Waals surface area contributed by atoms with Crippen LogP contribution in [-0.2, 0) is 6.18 Å². The Labute approximate surface area is 156 Å². The molecule has 1 aromatic heterocycles. The molecule has 140 valence electrons. The predicted octanol–water partition coefficient (Wildman–Crippen LogP) is 4.92. The molecular formula is C18H12ClF3N2O3. The number of carbonyl (C=O) groups is 1. The molecule has 1 N–H and O–H groups in total. The summed E-state index contributed by atoms with van der Waals surface area (Å²) in [5.74, 6) is -0.923. The molecule has 3 rings (SSSR count). The standard InChI is InChI=1S/C18H12ClF3N2O3/c1-27-13-8-3-2-7-12(13)15-14(19)16(18(20,21)22)23-24(15)11-6-4-5-10(9-11)17(25)26/h2-9H,1H3,(H,25,26). The van der Waals surface area contributed by atoms with Gasteiger partial charge >= 0.3 is 12.1 Å². The van der Waals surface area contributed by atoms with Crippen molar-refractivity contribution in [2.24, 2.45) is 0 Å². The molecule has 0 aliphatic rings. The van der Waals surface area contributed by atoms with Crippen LogP contribution in [0.25, 0.3) is 16.9 Å². The highest BCUT2D eigenvalue weighted by Crippen LogP contribution is 2.43. The lowest BCUT2D eigenvalue weighted by molar-refractivity contribution is -0.141. The van der Waals surface area contributed by atoms with E-state index in [1.165, 1.54) is 31.4 Å². The van der Waals surface area contributed by atoms with Crippen LogP contribution in [-0.4, -0.2) is 28.0 Å². The number of methoxy groups -OCH3 is 1. The van der Waals surface area contributed by atoms with Gasteiger partial charge in [-0.15, -0.1) is 0 Å². The average Bonchev–Trinajstić information content (AvgIpc) is 2.99. The van der Waals surface area contributed by atoms with Crippen LogP contribution in [0.3, 0.4) is 0 Å². The second-order valence-electron chi connectivity index (χ2n) is 5.48. The Balaban J connectivity index is 2.34. The molecular weight excluding hydrogens is 385 g/mol. The van der Waals surface area contributed by atoms with Crippen molar-refractivity contribution in [3.05, 3.63) is 64.8 Å². The molecule has 0 radical (unpaired) electrons. The largest absolute Gasteiger partial charge is 0.496 e. The monoisotopic (exact) mass is 396 g/mol. The number of aromatic nitrogens is 2. The van der Waals surface area contributed by atoms with Crippen LogP contribution in [0.1, 0.15) is 16.1 Å². The van der Waals surface area contributed by atoms with Gasteiger partial charge in [0.15, 0.2) is 5.69 Å². The Morgan fingerprint density at radius 3 is 2.52 bits per heavy atom. The molecule has 5 nitrogen and oxygen atoms in total. The summed E-state index contributed by atoms with van der Waals surface area (Å²) >= 11 is 6.05. The van der Waals surface area contributed by atoms with E-state index in [0.717, 1.165) is 4.68 Å². The molecule has 0 amide bonds. The van der Waals surface area contributed by atoms with Crippen LogP contribution in [0.5, 0.6) is 5.75 Å². The zero-order chi connectivity index (χ0) is 19.8. The number of hydrogen-bond acceptors (Lipinski definition) is 3. The van der Waals surface area contributed by atoms with Gasteiger partial charge < -0.3 is 9.84 Å². The molecule has 9 heteroatoms. The van der Waals surface area contributed by atoms with Gasteiger partial charge in [-0.2, -0.15) is 18.3 Å². The average molecular weight is 397 g/mol. The second-order valence-corrected chi connectivity index (χ2v) is 5.85. The first kappa shape index (κ1) is 18.8. The van der Waals surface area contributed by atoms with Gasteiger partial charge in [0.1, 0.15) is 5.75 Å². The van der Waals surface area contributed by atoms with E-state index in [1.807, 2.05) is 0 Å². The molecule has 0 saturated heterocycles. The second kappa shape index (κ2) is 6.96. The highest BCUT2D eigenvalue weighted by Gasteiger charge is 2.39. The third kappa shape index (κ3) is 3.48.